The Kier molecular flexibility index (Phi) is 4.36. The number of ether oxygens (including phenoxy) is 1. The van der Waals surface area contributed by atoms with Gasteiger partial charge in [0.25, 0.3) is 0 Å². The summed E-state index contributed by atoms with van der Waals surface area (Å²) < 4.78 is 5.50. The Morgan fingerprint density at radius 1 is 1.08 bits per heavy atom. The van der Waals surface area contributed by atoms with E-state index < -0.39 is 5.97 Å². The Morgan fingerprint density at radius 3 is 2.62 bits per heavy atom. The van der Waals surface area contributed by atoms with Crippen molar-refractivity contribution >= 4 is 34.8 Å². The number of hydrogen-bond acceptors (Lipinski definition) is 5. The van der Waals surface area contributed by atoms with Crippen LogP contribution < -0.4 is 9.64 Å². The second kappa shape index (κ2) is 6.68. The maximum Gasteiger partial charge on any atom is 0.353 e. The average Bonchev–Trinajstić information content (AvgIpc) is 3.24. The first-order valence-electron chi connectivity index (χ1n) is 8.78. The van der Waals surface area contributed by atoms with Crippen molar-refractivity contribution in [1.82, 2.24) is 0 Å². The Hall–Kier alpha value is -2.47. The minimum Gasteiger partial charge on any atom is -0.420 e. The minimum absolute atomic E-state index is 0.175. The summed E-state index contributed by atoms with van der Waals surface area (Å²) in [4.78, 5) is 39.8. The molecule has 2 heterocycles. The number of esters is 1. The Bertz CT molecular complexity index is 860. The number of rotatable bonds is 3. The highest BCUT2D eigenvalue weighted by Crippen LogP contribution is 2.44. The molecule has 0 bridgehead atoms. The molecule has 26 heavy (non-hydrogen) atoms. The normalized spacial score (nSPS) is 25.3. The van der Waals surface area contributed by atoms with E-state index >= 15 is 0 Å². The zero-order chi connectivity index (χ0) is 18.3. The predicted octanol–water partition coefficient (Wildman–Crippen LogP) is 3.89. The van der Waals surface area contributed by atoms with E-state index in [1.807, 2.05) is 0 Å². The van der Waals surface area contributed by atoms with Gasteiger partial charge in [0, 0.05) is 0 Å². The Morgan fingerprint density at radius 2 is 1.85 bits per heavy atom. The van der Waals surface area contributed by atoms with Crippen LogP contribution in [-0.4, -0.2) is 17.8 Å². The highest BCUT2D eigenvalue weighted by molar-refractivity contribution is 7.12. The third-order valence-electron chi connectivity index (χ3n) is 5.22. The summed E-state index contributed by atoms with van der Waals surface area (Å²) in [5.74, 6) is -0.665. The fourth-order valence-electron chi connectivity index (χ4n) is 3.90. The molecule has 0 radical (unpaired) electrons. The summed E-state index contributed by atoms with van der Waals surface area (Å²) >= 11 is 1.28. The van der Waals surface area contributed by atoms with Crippen LogP contribution >= 0.6 is 11.3 Å². The lowest BCUT2D eigenvalue weighted by Crippen LogP contribution is -2.31. The van der Waals surface area contributed by atoms with E-state index in [4.69, 9.17) is 4.74 Å². The third kappa shape index (κ3) is 2.84. The van der Waals surface area contributed by atoms with Crippen molar-refractivity contribution in [3.05, 3.63) is 46.7 Å². The number of nitrogens with zero attached hydrogens (tertiary/aromatic N) is 1. The third-order valence-corrected chi connectivity index (χ3v) is 6.07. The summed E-state index contributed by atoms with van der Waals surface area (Å²) in [6, 6.07) is 10.2. The lowest BCUT2D eigenvalue weighted by molar-refractivity contribution is -0.122. The molecule has 2 fully saturated rings. The van der Waals surface area contributed by atoms with Crippen molar-refractivity contribution < 1.29 is 19.1 Å². The molecule has 1 aliphatic carbocycles. The van der Waals surface area contributed by atoms with Crippen LogP contribution in [0, 0.1) is 17.8 Å². The number of amides is 2. The zero-order valence-corrected chi connectivity index (χ0v) is 15.2. The number of thiophene rings is 1. The van der Waals surface area contributed by atoms with Crippen LogP contribution in [0.2, 0.25) is 0 Å². The number of fused-ring (bicyclic) bond motifs is 1. The number of carbonyl (C=O) groups is 3. The predicted molar refractivity (Wildman–Crippen MR) is 98.2 cm³/mol. The van der Waals surface area contributed by atoms with Gasteiger partial charge in [-0.15, -0.1) is 11.3 Å². The lowest BCUT2D eigenvalue weighted by atomic mass is 9.76. The SMILES string of the molecule is C[C@H]1CC[C@@H]2C(=O)N(c3ccccc3OC(=O)c3cccs3)C(=O)[C@@H]2C1. The summed E-state index contributed by atoms with van der Waals surface area (Å²) in [5, 5.41) is 1.79. The topological polar surface area (TPSA) is 63.7 Å². The van der Waals surface area contributed by atoms with E-state index in [-0.39, 0.29) is 29.4 Å². The molecular weight excluding hydrogens is 350 g/mol. The summed E-state index contributed by atoms with van der Waals surface area (Å²) in [7, 11) is 0. The Labute approximate surface area is 155 Å². The molecule has 1 aromatic carbocycles. The molecular formula is C20H19NO4S. The first-order chi connectivity index (χ1) is 12.6. The van der Waals surface area contributed by atoms with Gasteiger partial charge in [0.1, 0.15) is 4.88 Å². The van der Waals surface area contributed by atoms with Crippen LogP contribution in [0.5, 0.6) is 5.75 Å². The maximum absolute atomic E-state index is 12.9. The molecule has 1 aliphatic heterocycles. The van der Waals surface area contributed by atoms with E-state index in [2.05, 4.69) is 6.92 Å². The van der Waals surface area contributed by atoms with Gasteiger partial charge in [-0.05, 0) is 48.8 Å². The van der Waals surface area contributed by atoms with E-state index in [0.29, 0.717) is 16.5 Å². The summed E-state index contributed by atoms with van der Waals surface area (Å²) in [5.41, 5.74) is 0.356. The Balaban J connectivity index is 1.65. The van der Waals surface area contributed by atoms with Crippen LogP contribution in [0.25, 0.3) is 0 Å². The quantitative estimate of drug-likeness (QED) is 0.468. The fourth-order valence-corrected chi connectivity index (χ4v) is 4.50. The smallest absolute Gasteiger partial charge is 0.353 e. The van der Waals surface area contributed by atoms with Crippen molar-refractivity contribution in [2.24, 2.45) is 17.8 Å². The van der Waals surface area contributed by atoms with E-state index in [1.54, 1.807) is 41.8 Å². The van der Waals surface area contributed by atoms with Gasteiger partial charge in [-0.25, -0.2) is 9.69 Å². The highest BCUT2D eigenvalue weighted by Gasteiger charge is 2.50. The van der Waals surface area contributed by atoms with Gasteiger partial charge in [0.15, 0.2) is 5.75 Å². The molecule has 0 N–H and O–H groups in total. The van der Waals surface area contributed by atoms with Crippen molar-refractivity contribution in [1.29, 1.82) is 0 Å². The van der Waals surface area contributed by atoms with Gasteiger partial charge < -0.3 is 4.74 Å². The molecule has 1 aromatic heterocycles. The summed E-state index contributed by atoms with van der Waals surface area (Å²) in [6.45, 7) is 2.12. The van der Waals surface area contributed by atoms with Crippen LogP contribution in [0.4, 0.5) is 5.69 Å². The molecule has 0 unspecified atom stereocenters. The van der Waals surface area contributed by atoms with Crippen LogP contribution in [-0.2, 0) is 9.59 Å². The highest BCUT2D eigenvalue weighted by atomic mass is 32.1. The van der Waals surface area contributed by atoms with Crippen LogP contribution in [0.15, 0.2) is 41.8 Å². The number of carbonyl (C=O) groups excluding carboxylic acids is 3. The minimum atomic E-state index is -0.488. The average molecular weight is 369 g/mol. The van der Waals surface area contributed by atoms with Crippen molar-refractivity contribution in [2.45, 2.75) is 26.2 Å². The van der Waals surface area contributed by atoms with Gasteiger partial charge in [-0.3, -0.25) is 9.59 Å². The molecule has 1 saturated carbocycles. The molecule has 134 valence electrons. The number of benzene rings is 1. The van der Waals surface area contributed by atoms with Crippen molar-refractivity contribution in [2.75, 3.05) is 4.90 Å². The van der Waals surface area contributed by atoms with Crippen molar-refractivity contribution in [3.8, 4) is 5.75 Å². The first-order valence-corrected chi connectivity index (χ1v) is 9.66. The molecule has 1 saturated heterocycles. The molecule has 2 amide bonds. The maximum atomic E-state index is 12.9. The molecule has 6 heteroatoms. The molecule has 5 nitrogen and oxygen atoms in total. The monoisotopic (exact) mass is 369 g/mol. The summed E-state index contributed by atoms with van der Waals surface area (Å²) in [6.07, 6.45) is 2.44. The molecule has 3 atom stereocenters. The molecule has 2 aromatic rings. The van der Waals surface area contributed by atoms with Gasteiger partial charge in [0.05, 0.1) is 17.5 Å². The number of imide groups is 1. The molecule has 4 rings (SSSR count). The van der Waals surface area contributed by atoms with Gasteiger partial charge in [-0.2, -0.15) is 0 Å². The lowest BCUT2D eigenvalue weighted by Gasteiger charge is -2.25. The number of para-hydroxylation sites is 2. The number of hydrogen-bond donors (Lipinski definition) is 0. The zero-order valence-electron chi connectivity index (χ0n) is 14.4. The van der Waals surface area contributed by atoms with E-state index in [1.165, 1.54) is 16.2 Å². The fraction of sp³-hybridized carbons (Fsp3) is 0.350. The second-order valence-corrected chi connectivity index (χ2v) is 7.93. The molecule has 2 aliphatic rings. The van der Waals surface area contributed by atoms with Crippen LogP contribution in [0.1, 0.15) is 35.9 Å². The van der Waals surface area contributed by atoms with Gasteiger partial charge in [-0.1, -0.05) is 25.1 Å². The van der Waals surface area contributed by atoms with Crippen molar-refractivity contribution in [3.63, 3.8) is 0 Å². The second-order valence-electron chi connectivity index (χ2n) is 6.98. The standard InChI is InChI=1S/C20H19NO4S/c1-12-8-9-13-14(11-12)19(23)21(18(13)22)15-5-2-3-6-16(15)25-20(24)17-7-4-10-26-17/h2-7,10,12-14H,8-9,11H2,1H3/t12-,13-,14+/m0/s1. The van der Waals surface area contributed by atoms with Gasteiger partial charge >= 0.3 is 5.97 Å². The largest absolute Gasteiger partial charge is 0.420 e. The van der Waals surface area contributed by atoms with E-state index in [9.17, 15) is 14.4 Å². The first kappa shape index (κ1) is 17.0. The molecule has 0 spiro atoms. The van der Waals surface area contributed by atoms with E-state index in [0.717, 1.165) is 19.3 Å². The number of anilines is 1. The van der Waals surface area contributed by atoms with Gasteiger partial charge in [0.2, 0.25) is 11.8 Å². The van der Waals surface area contributed by atoms with Crippen LogP contribution in [0.3, 0.4) is 0 Å².